The Morgan fingerprint density at radius 1 is 1.29 bits per heavy atom. The Labute approximate surface area is 133 Å². The van der Waals surface area contributed by atoms with Crippen LogP contribution in [-0.2, 0) is 0 Å². The first-order valence-electron chi connectivity index (χ1n) is 6.52. The lowest BCUT2D eigenvalue weighted by Crippen LogP contribution is -2.13. The van der Waals surface area contributed by atoms with Gasteiger partial charge in [0.2, 0.25) is 0 Å². The van der Waals surface area contributed by atoms with Gasteiger partial charge in [-0.15, -0.1) is 11.8 Å². The average molecular weight is 322 g/mol. The van der Waals surface area contributed by atoms with E-state index in [4.69, 9.17) is 16.3 Å². The Bertz CT molecular complexity index is 646. The second-order valence-electron chi connectivity index (χ2n) is 4.23. The van der Waals surface area contributed by atoms with Crippen LogP contribution in [0, 0.1) is 0 Å². The fraction of sp³-hybridized carbons (Fsp3) is 0.188. The van der Waals surface area contributed by atoms with Crippen molar-refractivity contribution < 1.29 is 9.53 Å². The molecule has 110 valence electrons. The van der Waals surface area contributed by atoms with Crippen molar-refractivity contribution in [1.29, 1.82) is 0 Å². The molecule has 2 aromatic rings. The zero-order valence-corrected chi connectivity index (χ0v) is 13.4. The number of ether oxygens (including phenoxy) is 1. The standard InChI is InChI=1S/C16H16ClNO2S/c1-3-21-15-7-5-4-6-12(15)16(19)18-13-10-11(17)8-9-14(13)20-2/h4-10H,3H2,1-2H3,(H,18,19). The number of amides is 1. The number of halogens is 1. The van der Waals surface area contributed by atoms with E-state index < -0.39 is 0 Å². The van der Waals surface area contributed by atoms with E-state index >= 15 is 0 Å². The molecular weight excluding hydrogens is 306 g/mol. The Morgan fingerprint density at radius 2 is 2.05 bits per heavy atom. The molecule has 0 atom stereocenters. The molecule has 0 unspecified atom stereocenters. The fourth-order valence-electron chi connectivity index (χ4n) is 1.90. The van der Waals surface area contributed by atoms with Gasteiger partial charge in [-0.05, 0) is 36.1 Å². The molecule has 0 aliphatic carbocycles. The number of rotatable bonds is 5. The topological polar surface area (TPSA) is 38.3 Å². The maximum atomic E-state index is 12.5. The van der Waals surface area contributed by atoms with Crippen LogP contribution in [0.5, 0.6) is 5.75 Å². The molecule has 0 saturated heterocycles. The number of benzene rings is 2. The fourth-order valence-corrected chi connectivity index (χ4v) is 2.88. The predicted molar refractivity (Wildman–Crippen MR) is 88.8 cm³/mol. The lowest BCUT2D eigenvalue weighted by atomic mass is 10.2. The van der Waals surface area contributed by atoms with Gasteiger partial charge in [0, 0.05) is 9.92 Å². The molecule has 0 bridgehead atoms. The van der Waals surface area contributed by atoms with Crippen molar-refractivity contribution in [1.82, 2.24) is 0 Å². The van der Waals surface area contributed by atoms with Gasteiger partial charge in [-0.25, -0.2) is 0 Å². The largest absolute Gasteiger partial charge is 0.495 e. The summed E-state index contributed by atoms with van der Waals surface area (Å²) < 4.78 is 5.24. The number of anilines is 1. The molecule has 0 saturated carbocycles. The second kappa shape index (κ2) is 7.38. The third kappa shape index (κ3) is 3.93. The molecular formula is C16H16ClNO2S. The van der Waals surface area contributed by atoms with Crippen LogP contribution in [0.3, 0.4) is 0 Å². The second-order valence-corrected chi connectivity index (χ2v) is 5.97. The van der Waals surface area contributed by atoms with Crippen LogP contribution >= 0.6 is 23.4 Å². The summed E-state index contributed by atoms with van der Waals surface area (Å²) in [4.78, 5) is 13.4. The minimum Gasteiger partial charge on any atom is -0.495 e. The summed E-state index contributed by atoms with van der Waals surface area (Å²) >= 11 is 7.61. The molecule has 0 aliphatic rings. The van der Waals surface area contributed by atoms with Crippen LogP contribution in [-0.4, -0.2) is 18.8 Å². The van der Waals surface area contributed by atoms with Crippen LogP contribution < -0.4 is 10.1 Å². The van der Waals surface area contributed by atoms with Crippen molar-refractivity contribution in [2.45, 2.75) is 11.8 Å². The predicted octanol–water partition coefficient (Wildman–Crippen LogP) is 4.71. The lowest BCUT2D eigenvalue weighted by molar-refractivity contribution is 0.102. The van der Waals surface area contributed by atoms with Crippen molar-refractivity contribution in [3.05, 3.63) is 53.1 Å². The zero-order valence-electron chi connectivity index (χ0n) is 11.9. The maximum Gasteiger partial charge on any atom is 0.256 e. The van der Waals surface area contributed by atoms with Gasteiger partial charge in [-0.1, -0.05) is 30.7 Å². The monoisotopic (exact) mass is 321 g/mol. The maximum absolute atomic E-state index is 12.5. The van der Waals surface area contributed by atoms with Gasteiger partial charge in [0.25, 0.3) is 5.91 Å². The first-order chi connectivity index (χ1) is 10.2. The third-order valence-corrected chi connectivity index (χ3v) is 4.03. The zero-order chi connectivity index (χ0) is 15.2. The number of hydrogen-bond acceptors (Lipinski definition) is 3. The summed E-state index contributed by atoms with van der Waals surface area (Å²) in [7, 11) is 1.56. The van der Waals surface area contributed by atoms with E-state index in [1.165, 1.54) is 0 Å². The molecule has 5 heteroatoms. The van der Waals surface area contributed by atoms with Gasteiger partial charge in [-0.3, -0.25) is 4.79 Å². The van der Waals surface area contributed by atoms with E-state index in [2.05, 4.69) is 12.2 Å². The van der Waals surface area contributed by atoms with Crippen LogP contribution in [0.4, 0.5) is 5.69 Å². The molecule has 0 fully saturated rings. The molecule has 21 heavy (non-hydrogen) atoms. The van der Waals surface area contributed by atoms with Crippen LogP contribution in [0.15, 0.2) is 47.4 Å². The lowest BCUT2D eigenvalue weighted by Gasteiger charge is -2.12. The van der Waals surface area contributed by atoms with Gasteiger partial charge in [0.15, 0.2) is 0 Å². The Hall–Kier alpha value is -1.65. The normalized spacial score (nSPS) is 10.2. The third-order valence-electron chi connectivity index (χ3n) is 2.84. The quantitative estimate of drug-likeness (QED) is 0.810. The van der Waals surface area contributed by atoms with Crippen LogP contribution in [0.25, 0.3) is 0 Å². The number of hydrogen-bond donors (Lipinski definition) is 1. The van der Waals surface area contributed by atoms with Gasteiger partial charge >= 0.3 is 0 Å². The number of thioether (sulfide) groups is 1. The van der Waals surface area contributed by atoms with E-state index in [0.29, 0.717) is 22.0 Å². The van der Waals surface area contributed by atoms with E-state index in [1.807, 2.05) is 24.3 Å². The minimum atomic E-state index is -0.174. The molecule has 3 nitrogen and oxygen atoms in total. The smallest absolute Gasteiger partial charge is 0.256 e. The number of methoxy groups -OCH3 is 1. The van der Waals surface area contributed by atoms with Crippen molar-refractivity contribution in [2.24, 2.45) is 0 Å². The van der Waals surface area contributed by atoms with Crippen molar-refractivity contribution in [2.75, 3.05) is 18.2 Å². The number of carbonyl (C=O) groups excluding carboxylic acids is 1. The Kier molecular flexibility index (Phi) is 5.53. The highest BCUT2D eigenvalue weighted by Gasteiger charge is 2.13. The molecule has 1 amide bonds. The highest BCUT2D eigenvalue weighted by atomic mass is 35.5. The van der Waals surface area contributed by atoms with E-state index in [0.717, 1.165) is 10.6 Å². The van der Waals surface area contributed by atoms with Crippen molar-refractivity contribution >= 4 is 35.0 Å². The summed E-state index contributed by atoms with van der Waals surface area (Å²) in [6.07, 6.45) is 0. The Morgan fingerprint density at radius 3 is 2.76 bits per heavy atom. The summed E-state index contributed by atoms with van der Waals surface area (Å²) in [5, 5.41) is 3.40. The molecule has 0 aromatic heterocycles. The summed E-state index contributed by atoms with van der Waals surface area (Å²) in [5.41, 5.74) is 1.21. The molecule has 2 aromatic carbocycles. The Balaban J connectivity index is 2.28. The molecule has 0 heterocycles. The summed E-state index contributed by atoms with van der Waals surface area (Å²) in [6, 6.07) is 12.6. The first kappa shape index (κ1) is 15.7. The van der Waals surface area contributed by atoms with Gasteiger partial charge in [-0.2, -0.15) is 0 Å². The number of nitrogens with one attached hydrogen (secondary N) is 1. The van der Waals surface area contributed by atoms with Gasteiger partial charge < -0.3 is 10.1 Å². The average Bonchev–Trinajstić information content (AvgIpc) is 2.48. The van der Waals surface area contributed by atoms with Crippen molar-refractivity contribution in [3.63, 3.8) is 0 Å². The van der Waals surface area contributed by atoms with E-state index in [1.54, 1.807) is 37.1 Å². The van der Waals surface area contributed by atoms with E-state index in [-0.39, 0.29) is 5.91 Å². The highest BCUT2D eigenvalue weighted by Crippen LogP contribution is 2.29. The van der Waals surface area contributed by atoms with Crippen molar-refractivity contribution in [3.8, 4) is 5.75 Å². The van der Waals surface area contributed by atoms with Crippen LogP contribution in [0.1, 0.15) is 17.3 Å². The van der Waals surface area contributed by atoms with Gasteiger partial charge in [0.1, 0.15) is 5.75 Å². The summed E-state index contributed by atoms with van der Waals surface area (Å²) in [6.45, 7) is 2.05. The van der Waals surface area contributed by atoms with E-state index in [9.17, 15) is 4.79 Å². The summed E-state index contributed by atoms with van der Waals surface area (Å²) in [5.74, 6) is 1.31. The first-order valence-corrected chi connectivity index (χ1v) is 7.88. The minimum absolute atomic E-state index is 0.174. The molecule has 0 aliphatic heterocycles. The number of carbonyl (C=O) groups is 1. The van der Waals surface area contributed by atoms with Crippen LogP contribution in [0.2, 0.25) is 5.02 Å². The molecule has 2 rings (SSSR count). The van der Waals surface area contributed by atoms with Gasteiger partial charge in [0.05, 0.1) is 18.4 Å². The SMILES string of the molecule is CCSc1ccccc1C(=O)Nc1cc(Cl)ccc1OC. The molecule has 1 N–H and O–H groups in total. The highest BCUT2D eigenvalue weighted by molar-refractivity contribution is 7.99. The molecule has 0 radical (unpaired) electrons. The molecule has 0 spiro atoms.